The highest BCUT2D eigenvalue weighted by atomic mass is 19.1. The Morgan fingerprint density at radius 2 is 2.29 bits per heavy atom. The van der Waals surface area contributed by atoms with E-state index < -0.39 is 6.86 Å². The molecule has 76 valence electrons. The molecule has 0 saturated heterocycles. The molecule has 0 saturated carbocycles. The minimum atomic E-state index is -0.766. The lowest BCUT2D eigenvalue weighted by Gasteiger charge is -2.21. The van der Waals surface area contributed by atoms with Gasteiger partial charge in [-0.1, -0.05) is 6.07 Å². The fourth-order valence-electron chi connectivity index (χ4n) is 1.91. The van der Waals surface area contributed by atoms with E-state index in [1.54, 1.807) is 6.07 Å². The smallest absolute Gasteiger partial charge is 0.228 e. The molecule has 2 rings (SSSR count). The van der Waals surface area contributed by atoms with Crippen LogP contribution in [-0.4, -0.2) is 12.9 Å². The zero-order valence-corrected chi connectivity index (χ0v) is 8.00. The first-order valence-corrected chi connectivity index (χ1v) is 4.86. The first kappa shape index (κ1) is 9.46. The summed E-state index contributed by atoms with van der Waals surface area (Å²) >= 11 is 0. The van der Waals surface area contributed by atoms with Crippen molar-refractivity contribution < 1.29 is 9.13 Å². The van der Waals surface area contributed by atoms with Crippen LogP contribution in [0.2, 0.25) is 0 Å². The number of rotatable bonds is 2. The van der Waals surface area contributed by atoms with E-state index in [4.69, 9.17) is 10.5 Å². The van der Waals surface area contributed by atoms with E-state index in [-0.39, 0.29) is 6.04 Å². The topological polar surface area (TPSA) is 35.2 Å². The summed E-state index contributed by atoms with van der Waals surface area (Å²) in [5, 5.41) is 0. The maximum atomic E-state index is 11.9. The Bertz CT molecular complexity index is 327. The van der Waals surface area contributed by atoms with Crippen LogP contribution in [0.1, 0.15) is 17.5 Å². The largest absolute Gasteiger partial charge is 0.463 e. The van der Waals surface area contributed by atoms with Gasteiger partial charge in [0.2, 0.25) is 6.86 Å². The van der Waals surface area contributed by atoms with Gasteiger partial charge in [0.1, 0.15) is 5.75 Å². The van der Waals surface area contributed by atoms with Gasteiger partial charge in [-0.05, 0) is 42.5 Å². The first-order chi connectivity index (χ1) is 6.79. The Morgan fingerprint density at radius 3 is 3.07 bits per heavy atom. The van der Waals surface area contributed by atoms with Gasteiger partial charge in [0.25, 0.3) is 0 Å². The number of nitrogens with two attached hydrogens (primary N) is 1. The molecule has 1 aliphatic rings. The Balaban J connectivity index is 2.22. The third-order valence-corrected chi connectivity index (χ3v) is 2.67. The average Bonchev–Trinajstić information content (AvgIpc) is 2.19. The molecule has 0 spiro atoms. The number of ether oxygens (including phenoxy) is 1. The van der Waals surface area contributed by atoms with E-state index >= 15 is 0 Å². The van der Waals surface area contributed by atoms with E-state index in [1.165, 1.54) is 11.1 Å². The number of hydrogen-bond acceptors (Lipinski definition) is 2. The SMILES string of the molecule is N[C@H]1CCc2cc(OCF)ccc2C1. The minimum absolute atomic E-state index is 0.274. The second-order valence-electron chi connectivity index (χ2n) is 3.69. The molecular formula is C11H14FNO. The molecule has 0 amide bonds. The van der Waals surface area contributed by atoms with Crippen molar-refractivity contribution in [1.29, 1.82) is 0 Å². The lowest BCUT2D eigenvalue weighted by Crippen LogP contribution is -2.27. The van der Waals surface area contributed by atoms with Crippen molar-refractivity contribution >= 4 is 0 Å². The predicted molar refractivity (Wildman–Crippen MR) is 53.0 cm³/mol. The van der Waals surface area contributed by atoms with Gasteiger partial charge < -0.3 is 10.5 Å². The summed E-state index contributed by atoms with van der Waals surface area (Å²) in [6.07, 6.45) is 2.90. The van der Waals surface area contributed by atoms with E-state index in [9.17, 15) is 4.39 Å². The maximum Gasteiger partial charge on any atom is 0.228 e. The van der Waals surface area contributed by atoms with Crippen molar-refractivity contribution in [3.05, 3.63) is 29.3 Å². The molecule has 0 aliphatic heterocycles. The van der Waals surface area contributed by atoms with Crippen molar-refractivity contribution in [2.75, 3.05) is 6.86 Å². The lowest BCUT2D eigenvalue weighted by molar-refractivity contribution is 0.191. The first-order valence-electron chi connectivity index (χ1n) is 4.86. The molecule has 2 N–H and O–H groups in total. The second kappa shape index (κ2) is 3.96. The summed E-state index contributed by atoms with van der Waals surface area (Å²) < 4.78 is 16.7. The zero-order chi connectivity index (χ0) is 9.97. The van der Waals surface area contributed by atoms with Crippen molar-refractivity contribution in [2.24, 2.45) is 5.73 Å². The summed E-state index contributed by atoms with van der Waals surface area (Å²) in [6, 6.07) is 5.98. The number of halogens is 1. The Kier molecular flexibility index (Phi) is 2.68. The molecule has 0 heterocycles. The van der Waals surface area contributed by atoms with Crippen LogP contribution in [0, 0.1) is 0 Å². The summed E-state index contributed by atoms with van der Waals surface area (Å²) in [4.78, 5) is 0. The summed E-state index contributed by atoms with van der Waals surface area (Å²) in [5.41, 5.74) is 8.38. The van der Waals surface area contributed by atoms with Crippen molar-refractivity contribution in [1.82, 2.24) is 0 Å². The highest BCUT2D eigenvalue weighted by Crippen LogP contribution is 2.24. The highest BCUT2D eigenvalue weighted by Gasteiger charge is 2.15. The lowest BCUT2D eigenvalue weighted by atomic mass is 9.89. The van der Waals surface area contributed by atoms with E-state index in [1.807, 2.05) is 12.1 Å². The highest BCUT2D eigenvalue weighted by molar-refractivity contribution is 5.37. The normalized spacial score (nSPS) is 20.3. The molecule has 2 nitrogen and oxygen atoms in total. The molecule has 3 heteroatoms. The zero-order valence-electron chi connectivity index (χ0n) is 8.00. The molecule has 0 unspecified atom stereocenters. The number of alkyl halides is 1. The van der Waals surface area contributed by atoms with Crippen molar-refractivity contribution in [3.8, 4) is 5.75 Å². The van der Waals surface area contributed by atoms with Gasteiger partial charge in [-0.3, -0.25) is 0 Å². The van der Waals surface area contributed by atoms with E-state index in [0.29, 0.717) is 5.75 Å². The Labute approximate surface area is 82.9 Å². The predicted octanol–water partition coefficient (Wildman–Crippen LogP) is 1.81. The molecule has 0 bridgehead atoms. The molecule has 1 aromatic rings. The standard InChI is InChI=1S/C11H14FNO/c12-7-14-11-4-2-8-5-10(13)3-1-9(8)6-11/h2,4,6,10H,1,3,5,7,13H2/t10-/m0/s1. The molecule has 1 atom stereocenters. The van der Waals surface area contributed by atoms with Crippen molar-refractivity contribution in [2.45, 2.75) is 25.3 Å². The second-order valence-corrected chi connectivity index (χ2v) is 3.69. The summed E-state index contributed by atoms with van der Waals surface area (Å²) in [6.45, 7) is -0.766. The third-order valence-electron chi connectivity index (χ3n) is 2.67. The Hall–Kier alpha value is -1.09. The van der Waals surface area contributed by atoms with Gasteiger partial charge in [-0.2, -0.15) is 0 Å². The van der Waals surface area contributed by atoms with E-state index in [0.717, 1.165) is 19.3 Å². The molecule has 1 aliphatic carbocycles. The minimum Gasteiger partial charge on any atom is -0.463 e. The van der Waals surface area contributed by atoms with Crippen LogP contribution in [0.4, 0.5) is 4.39 Å². The maximum absolute atomic E-state index is 11.9. The third kappa shape index (κ3) is 1.87. The van der Waals surface area contributed by atoms with Gasteiger partial charge in [0, 0.05) is 6.04 Å². The quantitative estimate of drug-likeness (QED) is 0.781. The van der Waals surface area contributed by atoms with Crippen LogP contribution in [0.25, 0.3) is 0 Å². The molecular weight excluding hydrogens is 181 g/mol. The van der Waals surface area contributed by atoms with Gasteiger partial charge in [0.05, 0.1) is 0 Å². The van der Waals surface area contributed by atoms with Crippen LogP contribution in [0.15, 0.2) is 18.2 Å². The van der Waals surface area contributed by atoms with Crippen LogP contribution in [-0.2, 0) is 12.8 Å². The molecule has 0 aromatic heterocycles. The molecule has 1 aromatic carbocycles. The van der Waals surface area contributed by atoms with Gasteiger partial charge in [-0.25, -0.2) is 4.39 Å². The van der Waals surface area contributed by atoms with Gasteiger partial charge in [0.15, 0.2) is 0 Å². The molecule has 0 fully saturated rings. The number of benzene rings is 1. The van der Waals surface area contributed by atoms with Gasteiger partial charge in [-0.15, -0.1) is 0 Å². The van der Waals surface area contributed by atoms with Crippen LogP contribution < -0.4 is 10.5 Å². The molecule has 0 radical (unpaired) electrons. The summed E-state index contributed by atoms with van der Waals surface area (Å²) in [7, 11) is 0. The van der Waals surface area contributed by atoms with Crippen LogP contribution in [0.5, 0.6) is 5.75 Å². The average molecular weight is 195 g/mol. The Morgan fingerprint density at radius 1 is 1.43 bits per heavy atom. The van der Waals surface area contributed by atoms with E-state index in [2.05, 4.69) is 0 Å². The van der Waals surface area contributed by atoms with Gasteiger partial charge >= 0.3 is 0 Å². The number of hydrogen-bond donors (Lipinski definition) is 1. The number of aryl methyl sites for hydroxylation is 1. The fourth-order valence-corrected chi connectivity index (χ4v) is 1.91. The van der Waals surface area contributed by atoms with Crippen molar-refractivity contribution in [3.63, 3.8) is 0 Å². The number of fused-ring (bicyclic) bond motifs is 1. The van der Waals surface area contributed by atoms with Crippen LogP contribution >= 0.6 is 0 Å². The monoisotopic (exact) mass is 195 g/mol. The molecule has 14 heavy (non-hydrogen) atoms. The summed E-state index contributed by atoms with van der Waals surface area (Å²) in [5.74, 6) is 0.613. The van der Waals surface area contributed by atoms with Crippen LogP contribution in [0.3, 0.4) is 0 Å². The fraction of sp³-hybridized carbons (Fsp3) is 0.455.